The number of aryl methyl sites for hydroxylation is 1. The Morgan fingerprint density at radius 2 is 1.79 bits per heavy atom. The fourth-order valence-electron chi connectivity index (χ4n) is 3.30. The molecule has 0 saturated carbocycles. The number of carbonyl (C=O) groups is 1. The van der Waals surface area contributed by atoms with Crippen LogP contribution in [0.25, 0.3) is 12.2 Å². The van der Waals surface area contributed by atoms with Gasteiger partial charge in [0.1, 0.15) is 10.4 Å². The van der Waals surface area contributed by atoms with Crippen molar-refractivity contribution in [2.45, 2.75) is 34.2 Å². The molecular weight excluding hydrogens is 450 g/mol. The Morgan fingerprint density at radius 3 is 2.35 bits per heavy atom. The van der Waals surface area contributed by atoms with Gasteiger partial charge in [-0.2, -0.15) is 0 Å². The molecule has 3 aromatic rings. The van der Waals surface area contributed by atoms with Crippen LogP contribution >= 0.6 is 11.3 Å². The highest BCUT2D eigenvalue weighted by Crippen LogP contribution is 2.27. The molecule has 0 amide bonds. The van der Waals surface area contributed by atoms with Crippen molar-refractivity contribution in [3.05, 3.63) is 88.8 Å². The highest BCUT2D eigenvalue weighted by atomic mass is 32.1. The highest BCUT2D eigenvalue weighted by molar-refractivity contribution is 7.07. The van der Waals surface area contributed by atoms with Crippen LogP contribution in [0.15, 0.2) is 47.3 Å². The first-order chi connectivity index (χ1) is 15.9. The van der Waals surface area contributed by atoms with Crippen molar-refractivity contribution in [1.29, 1.82) is 0 Å². The molecule has 2 aromatic carbocycles. The van der Waals surface area contributed by atoms with Crippen LogP contribution in [0.1, 0.15) is 37.5 Å². The molecule has 0 saturated heterocycles. The summed E-state index contributed by atoms with van der Waals surface area (Å²) in [5.41, 5.74) is 2.24. The number of hydrogen-bond acceptors (Lipinski definition) is 6. The Hall–Kier alpha value is -3.52. The summed E-state index contributed by atoms with van der Waals surface area (Å²) in [7, 11) is 3.48. The first-order valence-electron chi connectivity index (χ1n) is 10.9. The van der Waals surface area contributed by atoms with Crippen LogP contribution in [0.3, 0.4) is 0 Å². The molecule has 0 radical (unpaired) electrons. The Bertz CT molecular complexity index is 1410. The van der Waals surface area contributed by atoms with Crippen LogP contribution in [-0.2, 0) is 11.3 Å². The van der Waals surface area contributed by atoms with Gasteiger partial charge >= 0.3 is 0 Å². The zero-order valence-corrected chi connectivity index (χ0v) is 21.1. The summed E-state index contributed by atoms with van der Waals surface area (Å²) in [5.74, 6) is -0.0797. The van der Waals surface area contributed by atoms with E-state index in [4.69, 9.17) is 0 Å². The zero-order valence-electron chi connectivity index (χ0n) is 20.3. The maximum Gasteiger partial charge on any atom is 0.293 e. The van der Waals surface area contributed by atoms with Crippen molar-refractivity contribution in [2.75, 3.05) is 19.0 Å². The second-order valence-electron chi connectivity index (χ2n) is 9.48. The molecule has 3 rings (SSSR count). The minimum atomic E-state index is -0.582. The normalized spacial score (nSPS) is 12.8. The lowest BCUT2D eigenvalue weighted by Gasteiger charge is -2.13. The molecule has 0 aliphatic heterocycles. The lowest BCUT2D eigenvalue weighted by molar-refractivity contribution is -0.384. The van der Waals surface area contributed by atoms with Gasteiger partial charge in [0.15, 0.2) is 5.78 Å². The number of rotatable bonds is 6. The molecule has 0 aliphatic carbocycles. The molecule has 0 bridgehead atoms. The second kappa shape index (κ2) is 9.77. The number of nitro benzene ring substituents is 1. The van der Waals surface area contributed by atoms with E-state index in [9.17, 15) is 19.7 Å². The van der Waals surface area contributed by atoms with E-state index in [1.165, 1.54) is 23.5 Å². The smallest absolute Gasteiger partial charge is 0.293 e. The molecule has 0 aliphatic rings. The van der Waals surface area contributed by atoms with Crippen LogP contribution in [0.2, 0.25) is 0 Å². The Labute approximate surface area is 202 Å². The zero-order chi connectivity index (χ0) is 25.2. The van der Waals surface area contributed by atoms with Crippen LogP contribution < -0.4 is 19.7 Å². The molecule has 1 aromatic heterocycles. The van der Waals surface area contributed by atoms with Gasteiger partial charge in [-0.05, 0) is 30.2 Å². The fraction of sp³-hybridized carbons (Fsp3) is 0.308. The maximum atomic E-state index is 13.4. The van der Waals surface area contributed by atoms with E-state index in [0.717, 1.165) is 11.1 Å². The van der Waals surface area contributed by atoms with E-state index >= 15 is 0 Å². The number of Topliss-reactive ketones (excluding diaryl/α,β-unsaturated/α-hetero) is 1. The van der Waals surface area contributed by atoms with Crippen molar-refractivity contribution >= 4 is 40.6 Å². The molecule has 178 valence electrons. The summed E-state index contributed by atoms with van der Waals surface area (Å²) >= 11 is 1.21. The van der Waals surface area contributed by atoms with Crippen molar-refractivity contribution in [3.63, 3.8) is 0 Å². The van der Waals surface area contributed by atoms with E-state index in [2.05, 4.69) is 0 Å². The molecule has 0 N–H and O–H groups in total. The van der Waals surface area contributed by atoms with Gasteiger partial charge in [0.05, 0.1) is 16.0 Å². The number of aromatic nitrogens is 1. The number of anilines is 1. The molecule has 34 heavy (non-hydrogen) atoms. The minimum absolute atomic E-state index is 0.0371. The molecule has 1 heterocycles. The molecule has 0 spiro atoms. The monoisotopic (exact) mass is 479 g/mol. The van der Waals surface area contributed by atoms with Gasteiger partial charge in [0.25, 0.3) is 11.2 Å². The average Bonchev–Trinajstić information content (AvgIpc) is 3.03. The number of carbonyl (C=O) groups excluding carboxylic acids is 1. The summed E-state index contributed by atoms with van der Waals surface area (Å²) < 4.78 is 2.55. The van der Waals surface area contributed by atoms with Gasteiger partial charge in [-0.3, -0.25) is 24.3 Å². The van der Waals surface area contributed by atoms with E-state index < -0.39 is 10.3 Å². The SMILES string of the molecule is Cc1ccc(Cn2c(=CC(=O)C(C)(C)C)sc(=Cc3ccc(N(C)C)c([N+](=O)[O-])c3)c2=O)cc1. The molecule has 0 fully saturated rings. The number of nitrogens with zero attached hydrogens (tertiary/aromatic N) is 3. The van der Waals surface area contributed by atoms with Crippen molar-refractivity contribution < 1.29 is 9.72 Å². The highest BCUT2D eigenvalue weighted by Gasteiger charge is 2.20. The third-order valence-corrected chi connectivity index (χ3v) is 6.43. The molecule has 0 atom stereocenters. The third-order valence-electron chi connectivity index (χ3n) is 5.37. The van der Waals surface area contributed by atoms with E-state index in [-0.39, 0.29) is 17.0 Å². The first-order valence-corrected chi connectivity index (χ1v) is 11.7. The second-order valence-corrected chi connectivity index (χ2v) is 10.5. The summed E-state index contributed by atoms with van der Waals surface area (Å²) in [5, 5.41) is 11.6. The lowest BCUT2D eigenvalue weighted by atomic mass is 9.91. The van der Waals surface area contributed by atoms with Crippen LogP contribution in [-0.4, -0.2) is 29.4 Å². The summed E-state index contributed by atoms with van der Waals surface area (Å²) in [6.45, 7) is 7.82. The molecule has 7 nitrogen and oxygen atoms in total. The topological polar surface area (TPSA) is 85.4 Å². The fourth-order valence-corrected chi connectivity index (χ4v) is 4.34. The van der Waals surface area contributed by atoms with Crippen LogP contribution in [0, 0.1) is 22.5 Å². The predicted molar refractivity (Wildman–Crippen MR) is 138 cm³/mol. The largest absolute Gasteiger partial charge is 0.372 e. The standard InChI is InChI=1S/C26H29N3O4S/c1-17-7-9-18(10-8-17)16-28-24(15-23(30)26(2,3)4)34-22(25(28)31)14-19-11-12-20(27(5)6)21(13-19)29(32)33/h7-15H,16H2,1-6H3. The number of thiazole rings is 1. The van der Waals surface area contributed by atoms with E-state index in [1.807, 2.05) is 52.0 Å². The third kappa shape index (κ3) is 5.69. The minimum Gasteiger partial charge on any atom is -0.372 e. The number of hydrogen-bond donors (Lipinski definition) is 0. The molecule has 0 unspecified atom stereocenters. The summed E-state index contributed by atoms with van der Waals surface area (Å²) in [6, 6.07) is 12.8. The number of ketones is 1. The predicted octanol–water partition coefficient (Wildman–Crippen LogP) is 3.47. The van der Waals surface area contributed by atoms with Crippen molar-refractivity contribution in [3.8, 4) is 0 Å². The number of benzene rings is 2. The molecule has 8 heteroatoms. The van der Waals surface area contributed by atoms with Gasteiger partial charge in [-0.15, -0.1) is 11.3 Å². The van der Waals surface area contributed by atoms with Crippen molar-refractivity contribution in [2.24, 2.45) is 5.41 Å². The summed E-state index contributed by atoms with van der Waals surface area (Å²) in [4.78, 5) is 38.9. The average molecular weight is 480 g/mol. The van der Waals surface area contributed by atoms with Gasteiger partial charge in [0.2, 0.25) is 0 Å². The molecular formula is C26H29N3O4S. The van der Waals surface area contributed by atoms with Gasteiger partial charge < -0.3 is 4.90 Å². The Morgan fingerprint density at radius 1 is 1.15 bits per heavy atom. The number of nitro groups is 1. The maximum absolute atomic E-state index is 13.4. The van der Waals surface area contributed by atoms with Gasteiger partial charge in [-0.25, -0.2) is 0 Å². The van der Waals surface area contributed by atoms with E-state index in [1.54, 1.807) is 41.8 Å². The lowest BCUT2D eigenvalue weighted by Crippen LogP contribution is -2.32. The van der Waals surface area contributed by atoms with Crippen molar-refractivity contribution in [1.82, 2.24) is 4.57 Å². The van der Waals surface area contributed by atoms with E-state index in [0.29, 0.717) is 27.0 Å². The first kappa shape index (κ1) is 25.1. The van der Waals surface area contributed by atoms with Gasteiger partial charge in [0, 0.05) is 31.7 Å². The van der Waals surface area contributed by atoms with Crippen LogP contribution in [0.4, 0.5) is 11.4 Å². The van der Waals surface area contributed by atoms with Crippen LogP contribution in [0.5, 0.6) is 0 Å². The summed E-state index contributed by atoms with van der Waals surface area (Å²) in [6.07, 6.45) is 3.17. The van der Waals surface area contributed by atoms with Gasteiger partial charge in [-0.1, -0.05) is 56.7 Å². The Balaban J connectivity index is 2.20. The quantitative estimate of drug-likeness (QED) is 0.399. The Kier molecular flexibility index (Phi) is 7.21.